The van der Waals surface area contributed by atoms with Crippen molar-refractivity contribution in [3.05, 3.63) is 66.5 Å². The third-order valence-electron chi connectivity index (χ3n) is 5.11. The quantitative estimate of drug-likeness (QED) is 0.693. The molecule has 2 heterocycles. The molecule has 1 aliphatic heterocycles. The Balaban J connectivity index is 1.70. The molecule has 2 aromatic carbocycles. The van der Waals surface area contributed by atoms with Crippen LogP contribution in [-0.4, -0.2) is 37.2 Å². The lowest BCUT2D eigenvalue weighted by atomic mass is 9.98. The fraction of sp³-hybridized carbons (Fsp3) is 0.304. The van der Waals surface area contributed by atoms with Crippen LogP contribution < -0.4 is 15.5 Å². The van der Waals surface area contributed by atoms with Crippen LogP contribution in [0.1, 0.15) is 24.6 Å². The summed E-state index contributed by atoms with van der Waals surface area (Å²) < 4.78 is 0. The van der Waals surface area contributed by atoms with Gasteiger partial charge in [0.15, 0.2) is 0 Å². The van der Waals surface area contributed by atoms with E-state index in [0.29, 0.717) is 5.92 Å². The normalized spacial score (nSPS) is 16.6. The predicted octanol–water partition coefficient (Wildman–Crippen LogP) is 4.42. The molecule has 0 bridgehead atoms. The fourth-order valence-corrected chi connectivity index (χ4v) is 3.55. The zero-order valence-corrected chi connectivity index (χ0v) is 16.5. The van der Waals surface area contributed by atoms with Crippen LogP contribution in [0, 0.1) is 0 Å². The van der Waals surface area contributed by atoms with Crippen molar-refractivity contribution in [2.75, 3.05) is 37.4 Å². The average Bonchev–Trinajstić information content (AvgIpc) is 2.75. The zero-order valence-electron chi connectivity index (χ0n) is 16.5. The first-order chi connectivity index (χ1) is 13.7. The standard InChI is InChI=1S/C23H27N5/c1-28(2)20-12-6-11-19(14-20)25-22-15-21(17-8-4-3-5-9-17)26-23(27-22)18-10-7-13-24-16-18/h3-6,8-9,11-12,14-15,18,24H,7,10,13,16H2,1-2H3,(H,25,26,27). The molecular formula is C23H27N5. The molecule has 1 saturated heterocycles. The van der Waals surface area contributed by atoms with Gasteiger partial charge >= 0.3 is 0 Å². The van der Waals surface area contributed by atoms with Gasteiger partial charge in [-0.3, -0.25) is 0 Å². The summed E-state index contributed by atoms with van der Waals surface area (Å²) >= 11 is 0. The molecule has 3 aromatic rings. The molecule has 1 aromatic heterocycles. The molecule has 1 aliphatic rings. The highest BCUT2D eigenvalue weighted by molar-refractivity contribution is 5.67. The predicted molar refractivity (Wildman–Crippen MR) is 116 cm³/mol. The lowest BCUT2D eigenvalue weighted by Gasteiger charge is -2.22. The van der Waals surface area contributed by atoms with Crippen LogP contribution in [0.25, 0.3) is 11.3 Å². The van der Waals surface area contributed by atoms with Gasteiger partial charge in [0.05, 0.1) is 5.69 Å². The molecule has 1 unspecified atom stereocenters. The van der Waals surface area contributed by atoms with E-state index >= 15 is 0 Å². The highest BCUT2D eigenvalue weighted by Crippen LogP contribution is 2.28. The van der Waals surface area contributed by atoms with Crippen LogP contribution in [0.5, 0.6) is 0 Å². The molecule has 0 saturated carbocycles. The Bertz CT molecular complexity index is 917. The molecule has 0 amide bonds. The van der Waals surface area contributed by atoms with Gasteiger partial charge in [0.2, 0.25) is 0 Å². The second kappa shape index (κ2) is 8.40. The minimum absolute atomic E-state index is 0.353. The molecule has 2 N–H and O–H groups in total. The van der Waals surface area contributed by atoms with Crippen molar-refractivity contribution in [2.24, 2.45) is 0 Å². The maximum absolute atomic E-state index is 4.92. The minimum atomic E-state index is 0.353. The van der Waals surface area contributed by atoms with Crippen LogP contribution in [0.2, 0.25) is 0 Å². The lowest BCUT2D eigenvalue weighted by Crippen LogP contribution is -2.29. The summed E-state index contributed by atoms with van der Waals surface area (Å²) in [7, 11) is 4.09. The first-order valence-electron chi connectivity index (χ1n) is 9.88. The summed E-state index contributed by atoms with van der Waals surface area (Å²) in [6.07, 6.45) is 2.29. The van der Waals surface area contributed by atoms with Crippen LogP contribution >= 0.6 is 0 Å². The monoisotopic (exact) mass is 373 g/mol. The molecule has 4 rings (SSSR count). The maximum Gasteiger partial charge on any atom is 0.135 e. The summed E-state index contributed by atoms with van der Waals surface area (Å²) in [5.74, 6) is 2.11. The van der Waals surface area contributed by atoms with Gasteiger partial charge in [-0.25, -0.2) is 9.97 Å². The van der Waals surface area contributed by atoms with Crippen molar-refractivity contribution in [2.45, 2.75) is 18.8 Å². The summed E-state index contributed by atoms with van der Waals surface area (Å²) in [5.41, 5.74) is 4.25. The van der Waals surface area contributed by atoms with Crippen LogP contribution in [0.4, 0.5) is 17.2 Å². The Hall–Kier alpha value is -2.92. The van der Waals surface area contributed by atoms with Crippen molar-refractivity contribution in [1.29, 1.82) is 0 Å². The van der Waals surface area contributed by atoms with E-state index in [1.54, 1.807) is 0 Å². The number of nitrogens with one attached hydrogen (secondary N) is 2. The van der Waals surface area contributed by atoms with Gasteiger partial charge in [0, 0.05) is 49.6 Å². The molecule has 0 spiro atoms. The van der Waals surface area contributed by atoms with Crippen molar-refractivity contribution in [3.63, 3.8) is 0 Å². The Morgan fingerprint density at radius 3 is 2.61 bits per heavy atom. The van der Waals surface area contributed by atoms with Crippen molar-refractivity contribution in [3.8, 4) is 11.3 Å². The summed E-state index contributed by atoms with van der Waals surface area (Å²) in [4.78, 5) is 11.9. The van der Waals surface area contributed by atoms with Crippen LogP contribution in [0.3, 0.4) is 0 Å². The Kier molecular flexibility index (Phi) is 5.53. The second-order valence-corrected chi connectivity index (χ2v) is 7.48. The molecule has 0 radical (unpaired) electrons. The minimum Gasteiger partial charge on any atom is -0.378 e. The molecule has 5 nitrogen and oxygen atoms in total. The number of benzene rings is 2. The van der Waals surface area contributed by atoms with Gasteiger partial charge in [-0.15, -0.1) is 0 Å². The maximum atomic E-state index is 4.92. The van der Waals surface area contributed by atoms with Gasteiger partial charge < -0.3 is 15.5 Å². The van der Waals surface area contributed by atoms with Crippen LogP contribution in [-0.2, 0) is 0 Å². The highest BCUT2D eigenvalue weighted by Gasteiger charge is 2.19. The van der Waals surface area contributed by atoms with Gasteiger partial charge in [0.25, 0.3) is 0 Å². The third-order valence-corrected chi connectivity index (χ3v) is 5.11. The smallest absolute Gasteiger partial charge is 0.135 e. The van der Waals surface area contributed by atoms with E-state index in [4.69, 9.17) is 9.97 Å². The molecule has 28 heavy (non-hydrogen) atoms. The number of nitrogens with zero attached hydrogens (tertiary/aromatic N) is 3. The first kappa shape index (κ1) is 18.4. The zero-order chi connectivity index (χ0) is 19.3. The van der Waals surface area contributed by atoms with Crippen molar-refractivity contribution in [1.82, 2.24) is 15.3 Å². The number of anilines is 3. The van der Waals surface area contributed by atoms with Crippen molar-refractivity contribution >= 4 is 17.2 Å². The van der Waals surface area contributed by atoms with Crippen LogP contribution in [0.15, 0.2) is 60.7 Å². The number of aromatic nitrogens is 2. The summed E-state index contributed by atoms with van der Waals surface area (Å²) in [6, 6.07) is 20.7. The summed E-state index contributed by atoms with van der Waals surface area (Å²) in [5, 5.41) is 6.97. The van der Waals surface area contributed by atoms with Gasteiger partial charge in [-0.2, -0.15) is 0 Å². The number of rotatable bonds is 5. The van der Waals surface area contributed by atoms with E-state index in [2.05, 4.69) is 51.9 Å². The molecule has 0 aliphatic carbocycles. The molecule has 1 atom stereocenters. The van der Waals surface area contributed by atoms with E-state index in [9.17, 15) is 0 Å². The van der Waals surface area contributed by atoms with Gasteiger partial charge in [-0.1, -0.05) is 36.4 Å². The van der Waals surface area contributed by atoms with E-state index < -0.39 is 0 Å². The number of hydrogen-bond acceptors (Lipinski definition) is 5. The van der Waals surface area contributed by atoms with E-state index in [0.717, 1.165) is 60.2 Å². The van der Waals surface area contributed by atoms with E-state index in [1.165, 1.54) is 0 Å². The topological polar surface area (TPSA) is 53.1 Å². The molecule has 1 fully saturated rings. The van der Waals surface area contributed by atoms with Gasteiger partial charge in [0.1, 0.15) is 11.6 Å². The highest BCUT2D eigenvalue weighted by atomic mass is 15.1. The Labute approximate surface area is 166 Å². The SMILES string of the molecule is CN(C)c1cccc(Nc2cc(-c3ccccc3)nc(C3CCCNC3)n2)c1. The van der Waals surface area contributed by atoms with Crippen molar-refractivity contribution < 1.29 is 0 Å². The largest absolute Gasteiger partial charge is 0.378 e. The third kappa shape index (κ3) is 4.31. The fourth-order valence-electron chi connectivity index (χ4n) is 3.55. The van der Waals surface area contributed by atoms with E-state index in [-0.39, 0.29) is 0 Å². The van der Waals surface area contributed by atoms with E-state index in [1.807, 2.05) is 38.4 Å². The second-order valence-electron chi connectivity index (χ2n) is 7.48. The lowest BCUT2D eigenvalue weighted by molar-refractivity contribution is 0.447. The number of hydrogen-bond donors (Lipinski definition) is 2. The average molecular weight is 374 g/mol. The Morgan fingerprint density at radius 1 is 1.00 bits per heavy atom. The molecule has 144 valence electrons. The summed E-state index contributed by atoms with van der Waals surface area (Å²) in [6.45, 7) is 2.02. The Morgan fingerprint density at radius 2 is 1.86 bits per heavy atom. The first-order valence-corrected chi connectivity index (χ1v) is 9.88. The number of piperidine rings is 1. The van der Waals surface area contributed by atoms with Gasteiger partial charge in [-0.05, 0) is 37.6 Å². The molecule has 5 heteroatoms. The molecular weight excluding hydrogens is 346 g/mol.